The summed E-state index contributed by atoms with van der Waals surface area (Å²) >= 11 is 6.87. The maximum atomic E-state index is 11.3. The molecular weight excluding hydrogens is 200 g/mol. The molecular formula is C7H9ClO3S. The average molecular weight is 209 g/mol. The van der Waals surface area contributed by atoms with Crippen LogP contribution in [0.3, 0.4) is 0 Å². The summed E-state index contributed by atoms with van der Waals surface area (Å²) in [5, 5.41) is 0. The summed E-state index contributed by atoms with van der Waals surface area (Å²) in [6.45, 7) is 0. The van der Waals surface area contributed by atoms with Gasteiger partial charge in [0.2, 0.25) is 0 Å². The third-order valence-electron chi connectivity index (χ3n) is 1.83. The van der Waals surface area contributed by atoms with Gasteiger partial charge < -0.3 is 4.74 Å². The van der Waals surface area contributed by atoms with Gasteiger partial charge in [0.1, 0.15) is 0 Å². The van der Waals surface area contributed by atoms with E-state index >= 15 is 0 Å². The molecule has 1 atom stereocenters. The summed E-state index contributed by atoms with van der Waals surface area (Å²) in [5.41, 5.74) is 0. The van der Waals surface area contributed by atoms with Crippen molar-refractivity contribution in [3.63, 3.8) is 0 Å². The first kappa shape index (κ1) is 9.86. The fraction of sp³-hybridized carbons (Fsp3) is 0.714. The molecule has 0 bridgehead atoms. The molecule has 0 amide bonds. The molecule has 5 heteroatoms. The van der Waals surface area contributed by atoms with Crippen molar-refractivity contribution < 1.29 is 14.3 Å². The van der Waals surface area contributed by atoms with Gasteiger partial charge in [-0.25, -0.2) is 0 Å². The molecule has 0 aromatic rings. The summed E-state index contributed by atoms with van der Waals surface area (Å²) < 4.78 is 3.42. The topological polar surface area (TPSA) is 43.4 Å². The predicted molar refractivity (Wildman–Crippen MR) is 47.5 cm³/mol. The molecule has 1 saturated heterocycles. The number of ketones is 1. The smallest absolute Gasteiger partial charge is 0.330 e. The highest BCUT2D eigenvalue weighted by molar-refractivity contribution is 8.02. The molecule has 0 aliphatic carbocycles. The van der Waals surface area contributed by atoms with Crippen molar-refractivity contribution in [2.45, 2.75) is 11.2 Å². The lowest BCUT2D eigenvalue weighted by atomic mass is 10.0. The standard InChI is InChI=1S/C7H9ClO3S/c1-11-6(10)7(4-8)5(9)2-3-12-7/h2-4H2,1H3. The number of hydrogen-bond donors (Lipinski definition) is 0. The molecule has 0 saturated carbocycles. The zero-order chi connectivity index (χ0) is 9.19. The SMILES string of the molecule is COC(=O)C1(CCl)SCCC1=O. The van der Waals surface area contributed by atoms with Crippen molar-refractivity contribution in [1.82, 2.24) is 0 Å². The van der Waals surface area contributed by atoms with E-state index in [1.54, 1.807) is 0 Å². The number of Topliss-reactive ketones (excluding diaryl/α,β-unsaturated/α-hetero) is 1. The Labute approximate surface area is 79.8 Å². The predicted octanol–water partition coefficient (Wildman–Crippen LogP) is 0.843. The van der Waals surface area contributed by atoms with Gasteiger partial charge in [-0.05, 0) is 0 Å². The molecule has 1 aliphatic heterocycles. The van der Waals surface area contributed by atoms with Crippen molar-refractivity contribution in [2.24, 2.45) is 0 Å². The first-order chi connectivity index (χ1) is 5.67. The number of carbonyl (C=O) groups excluding carboxylic acids is 2. The molecule has 3 nitrogen and oxygen atoms in total. The van der Waals surface area contributed by atoms with Gasteiger partial charge in [-0.2, -0.15) is 0 Å². The number of esters is 1. The van der Waals surface area contributed by atoms with Gasteiger partial charge in [-0.3, -0.25) is 9.59 Å². The number of thioether (sulfide) groups is 1. The molecule has 1 fully saturated rings. The van der Waals surface area contributed by atoms with Crippen LogP contribution in [0.4, 0.5) is 0 Å². The summed E-state index contributed by atoms with van der Waals surface area (Å²) in [6, 6.07) is 0. The third-order valence-corrected chi connectivity index (χ3v) is 3.83. The van der Waals surface area contributed by atoms with Gasteiger partial charge in [0.05, 0.1) is 13.0 Å². The van der Waals surface area contributed by atoms with Gasteiger partial charge in [0.15, 0.2) is 10.5 Å². The second-order valence-electron chi connectivity index (χ2n) is 2.47. The first-order valence-electron chi connectivity index (χ1n) is 3.49. The van der Waals surface area contributed by atoms with Gasteiger partial charge in [-0.15, -0.1) is 23.4 Å². The maximum Gasteiger partial charge on any atom is 0.330 e. The largest absolute Gasteiger partial charge is 0.468 e. The molecule has 1 heterocycles. The molecule has 0 aromatic heterocycles. The molecule has 0 N–H and O–H groups in total. The Balaban J connectivity index is 2.88. The third kappa shape index (κ3) is 1.33. The van der Waals surface area contributed by atoms with E-state index in [-0.39, 0.29) is 11.7 Å². The van der Waals surface area contributed by atoms with Crippen LogP contribution in [0.2, 0.25) is 0 Å². The van der Waals surface area contributed by atoms with Crippen molar-refractivity contribution in [1.29, 1.82) is 0 Å². The Morgan fingerprint density at radius 1 is 1.83 bits per heavy atom. The monoisotopic (exact) mass is 208 g/mol. The van der Waals surface area contributed by atoms with E-state index in [9.17, 15) is 9.59 Å². The number of methoxy groups -OCH3 is 1. The van der Waals surface area contributed by atoms with E-state index in [1.807, 2.05) is 0 Å². The quantitative estimate of drug-likeness (QED) is 0.383. The number of rotatable bonds is 2. The lowest BCUT2D eigenvalue weighted by Gasteiger charge is -2.19. The lowest BCUT2D eigenvalue weighted by molar-refractivity contribution is -0.145. The van der Waals surface area contributed by atoms with E-state index in [1.165, 1.54) is 18.9 Å². The maximum absolute atomic E-state index is 11.3. The second-order valence-corrected chi connectivity index (χ2v) is 4.13. The van der Waals surface area contributed by atoms with E-state index in [0.717, 1.165) is 0 Å². The summed E-state index contributed by atoms with van der Waals surface area (Å²) in [4.78, 5) is 22.6. The average Bonchev–Trinajstić information content (AvgIpc) is 2.46. The Hall–Kier alpha value is -0.220. The zero-order valence-corrected chi connectivity index (χ0v) is 8.20. The number of carbonyl (C=O) groups is 2. The molecule has 1 unspecified atom stereocenters. The van der Waals surface area contributed by atoms with Gasteiger partial charge in [0, 0.05) is 12.2 Å². The fourth-order valence-corrected chi connectivity index (χ4v) is 2.77. The van der Waals surface area contributed by atoms with Crippen LogP contribution in [0.1, 0.15) is 6.42 Å². The zero-order valence-electron chi connectivity index (χ0n) is 6.63. The number of halogens is 1. The molecule has 0 aromatic carbocycles. The molecule has 0 spiro atoms. The highest BCUT2D eigenvalue weighted by Crippen LogP contribution is 2.37. The Morgan fingerprint density at radius 2 is 2.50 bits per heavy atom. The van der Waals surface area contributed by atoms with E-state index in [0.29, 0.717) is 12.2 Å². The van der Waals surface area contributed by atoms with E-state index in [4.69, 9.17) is 11.6 Å². The van der Waals surface area contributed by atoms with Crippen LogP contribution in [-0.4, -0.2) is 35.2 Å². The van der Waals surface area contributed by atoms with E-state index in [2.05, 4.69) is 4.74 Å². The van der Waals surface area contributed by atoms with Crippen molar-refractivity contribution in [3.8, 4) is 0 Å². The van der Waals surface area contributed by atoms with E-state index < -0.39 is 10.7 Å². The summed E-state index contributed by atoms with van der Waals surface area (Å²) in [6.07, 6.45) is 0.409. The Bertz CT molecular complexity index is 219. The van der Waals surface area contributed by atoms with Crippen LogP contribution in [0, 0.1) is 0 Å². The highest BCUT2D eigenvalue weighted by Gasteiger charge is 2.50. The minimum absolute atomic E-state index is 0.00315. The highest BCUT2D eigenvalue weighted by atomic mass is 35.5. The lowest BCUT2D eigenvalue weighted by Crippen LogP contribution is -2.42. The molecule has 0 radical (unpaired) electrons. The van der Waals surface area contributed by atoms with Crippen LogP contribution >= 0.6 is 23.4 Å². The van der Waals surface area contributed by atoms with Crippen LogP contribution in [-0.2, 0) is 14.3 Å². The van der Waals surface area contributed by atoms with Crippen LogP contribution in [0.15, 0.2) is 0 Å². The minimum atomic E-state index is -1.11. The second kappa shape index (κ2) is 3.66. The first-order valence-corrected chi connectivity index (χ1v) is 5.01. The number of hydrogen-bond acceptors (Lipinski definition) is 4. The molecule has 68 valence electrons. The normalized spacial score (nSPS) is 29.0. The molecule has 1 rings (SSSR count). The Kier molecular flexibility index (Phi) is 3.01. The minimum Gasteiger partial charge on any atom is -0.468 e. The van der Waals surface area contributed by atoms with Gasteiger partial charge >= 0.3 is 5.97 Å². The van der Waals surface area contributed by atoms with Crippen LogP contribution in [0.25, 0.3) is 0 Å². The molecule has 1 aliphatic rings. The summed E-state index contributed by atoms with van der Waals surface area (Å²) in [7, 11) is 1.27. The van der Waals surface area contributed by atoms with Crippen LogP contribution < -0.4 is 0 Å². The van der Waals surface area contributed by atoms with Crippen LogP contribution in [0.5, 0.6) is 0 Å². The fourth-order valence-electron chi connectivity index (χ4n) is 1.11. The van der Waals surface area contributed by atoms with Crippen molar-refractivity contribution in [2.75, 3.05) is 18.7 Å². The number of alkyl halides is 1. The van der Waals surface area contributed by atoms with Gasteiger partial charge in [0.25, 0.3) is 0 Å². The molecule has 12 heavy (non-hydrogen) atoms. The van der Waals surface area contributed by atoms with Crippen molar-refractivity contribution >= 4 is 35.1 Å². The van der Waals surface area contributed by atoms with Gasteiger partial charge in [-0.1, -0.05) is 0 Å². The number of ether oxygens (including phenoxy) is 1. The van der Waals surface area contributed by atoms with Crippen molar-refractivity contribution in [3.05, 3.63) is 0 Å². The summed E-state index contributed by atoms with van der Waals surface area (Å²) in [5.74, 6) is 0.0171. The Morgan fingerprint density at radius 3 is 2.83 bits per heavy atom.